The van der Waals surface area contributed by atoms with E-state index in [0.717, 1.165) is 21.6 Å². The highest BCUT2D eigenvalue weighted by atomic mass is 32.1. The van der Waals surface area contributed by atoms with Crippen LogP contribution in [0.3, 0.4) is 0 Å². The molecule has 3 aromatic rings. The van der Waals surface area contributed by atoms with Gasteiger partial charge in [-0.15, -0.1) is 17.7 Å². The van der Waals surface area contributed by atoms with Gasteiger partial charge in [0.1, 0.15) is 11.8 Å². The summed E-state index contributed by atoms with van der Waals surface area (Å²) in [6.07, 6.45) is 0. The molecule has 0 unspecified atom stereocenters. The first-order valence-corrected chi connectivity index (χ1v) is 6.43. The van der Waals surface area contributed by atoms with Crippen molar-refractivity contribution in [2.45, 2.75) is 4.90 Å². The number of H-pyrrole nitrogens is 1. The molecule has 0 saturated heterocycles. The number of nitriles is 1. The van der Waals surface area contributed by atoms with Crippen molar-refractivity contribution in [3.05, 3.63) is 54.2 Å². The Morgan fingerprint density at radius 3 is 2.00 bits per heavy atom. The number of hydrogen-bond donors (Lipinski definition) is 2. The Balaban J connectivity index is 1.96. The maximum absolute atomic E-state index is 8.95. The Morgan fingerprint density at radius 1 is 0.850 bits per heavy atom. The second-order valence-electron chi connectivity index (χ2n) is 4.26. The molecular weight excluding hydrogens is 268 g/mol. The van der Waals surface area contributed by atoms with Crippen molar-refractivity contribution in [3.63, 3.8) is 0 Å². The molecule has 0 aliphatic rings. The number of thiol groups is 1. The first-order valence-electron chi connectivity index (χ1n) is 5.98. The minimum Gasteiger partial charge on any atom is -0.196 e. The summed E-state index contributed by atoms with van der Waals surface area (Å²) in [5.74, 6) is 0. The van der Waals surface area contributed by atoms with Crippen LogP contribution in [0.25, 0.3) is 22.4 Å². The van der Waals surface area contributed by atoms with Crippen LogP contribution in [0.2, 0.25) is 0 Å². The molecule has 1 N–H and O–H groups in total. The number of aromatic nitrogens is 3. The molecule has 4 nitrogen and oxygen atoms in total. The predicted octanol–water partition coefficient (Wildman–Crippen LogP) is 3.30. The summed E-state index contributed by atoms with van der Waals surface area (Å²) < 4.78 is 0. The van der Waals surface area contributed by atoms with E-state index in [1.165, 1.54) is 0 Å². The zero-order valence-corrected chi connectivity index (χ0v) is 11.3. The fourth-order valence-electron chi connectivity index (χ4n) is 1.98. The first-order chi connectivity index (χ1) is 9.78. The van der Waals surface area contributed by atoms with E-state index in [4.69, 9.17) is 5.26 Å². The fourth-order valence-corrected chi connectivity index (χ4v) is 2.13. The molecule has 0 spiro atoms. The molecule has 0 bridgehead atoms. The Hall–Kier alpha value is -2.58. The summed E-state index contributed by atoms with van der Waals surface area (Å²) >= 11 is 4.27. The Labute approximate surface area is 121 Å². The average Bonchev–Trinajstić information content (AvgIpc) is 2.97. The van der Waals surface area contributed by atoms with Crippen molar-refractivity contribution >= 4 is 12.6 Å². The van der Waals surface area contributed by atoms with Crippen LogP contribution in [-0.4, -0.2) is 15.4 Å². The molecule has 0 amide bonds. The van der Waals surface area contributed by atoms with Gasteiger partial charge < -0.3 is 0 Å². The van der Waals surface area contributed by atoms with E-state index < -0.39 is 0 Å². The van der Waals surface area contributed by atoms with Gasteiger partial charge >= 0.3 is 0 Å². The van der Waals surface area contributed by atoms with Gasteiger partial charge in [0.15, 0.2) is 5.69 Å². The van der Waals surface area contributed by atoms with Crippen LogP contribution in [0.15, 0.2) is 53.4 Å². The van der Waals surface area contributed by atoms with Crippen molar-refractivity contribution in [1.29, 1.82) is 5.26 Å². The first kappa shape index (κ1) is 12.5. The zero-order valence-electron chi connectivity index (χ0n) is 10.4. The zero-order chi connectivity index (χ0) is 13.9. The van der Waals surface area contributed by atoms with Gasteiger partial charge in [-0.05, 0) is 23.3 Å². The van der Waals surface area contributed by atoms with Gasteiger partial charge in [0, 0.05) is 10.5 Å². The van der Waals surface area contributed by atoms with Crippen LogP contribution in [0, 0.1) is 11.3 Å². The van der Waals surface area contributed by atoms with E-state index in [0.29, 0.717) is 11.4 Å². The van der Waals surface area contributed by atoms with E-state index in [9.17, 15) is 0 Å². The smallest absolute Gasteiger partial charge is 0.190 e. The maximum atomic E-state index is 8.95. The van der Waals surface area contributed by atoms with Gasteiger partial charge in [-0.3, -0.25) is 0 Å². The maximum Gasteiger partial charge on any atom is 0.190 e. The monoisotopic (exact) mass is 278 g/mol. The fraction of sp³-hybridized carbons (Fsp3) is 0. The molecule has 5 heteroatoms. The lowest BCUT2D eigenvalue weighted by Crippen LogP contribution is -1.83. The summed E-state index contributed by atoms with van der Waals surface area (Å²) in [6, 6.07) is 17.8. The lowest BCUT2D eigenvalue weighted by atomic mass is 10.0. The van der Waals surface area contributed by atoms with Crippen LogP contribution in [0.4, 0.5) is 0 Å². The number of nitrogens with zero attached hydrogens (tertiary/aromatic N) is 3. The van der Waals surface area contributed by atoms with Crippen LogP contribution in [0.1, 0.15) is 5.69 Å². The van der Waals surface area contributed by atoms with Gasteiger partial charge in [0.25, 0.3) is 0 Å². The standard InChI is InChI=1S/C15H10N4S/c16-9-14-15(18-19-17-14)12-3-1-10(2-4-12)11-5-7-13(20)8-6-11/h1-8,20H,(H,17,18,19). The van der Waals surface area contributed by atoms with Gasteiger partial charge in [0.05, 0.1) is 0 Å². The lowest BCUT2D eigenvalue weighted by molar-refractivity contribution is 0.937. The van der Waals surface area contributed by atoms with Gasteiger partial charge in [-0.1, -0.05) is 36.4 Å². The molecular formula is C15H10N4S. The minimum atomic E-state index is 0.303. The summed E-state index contributed by atoms with van der Waals surface area (Å²) in [7, 11) is 0. The molecule has 2 aromatic carbocycles. The Kier molecular flexibility index (Phi) is 3.23. The van der Waals surface area contributed by atoms with Crippen molar-refractivity contribution in [3.8, 4) is 28.5 Å². The molecule has 1 heterocycles. The highest BCUT2D eigenvalue weighted by molar-refractivity contribution is 7.80. The molecule has 0 atom stereocenters. The Bertz CT molecular complexity index is 767. The summed E-state index contributed by atoms with van der Waals surface area (Å²) in [5.41, 5.74) is 3.96. The third-order valence-corrected chi connectivity index (χ3v) is 3.31. The Morgan fingerprint density at radius 2 is 1.40 bits per heavy atom. The molecule has 96 valence electrons. The van der Waals surface area contributed by atoms with Crippen LogP contribution >= 0.6 is 12.6 Å². The molecule has 1 aromatic heterocycles. The molecule has 3 rings (SSSR count). The third-order valence-electron chi connectivity index (χ3n) is 3.01. The van der Waals surface area contributed by atoms with E-state index in [1.54, 1.807) is 0 Å². The quantitative estimate of drug-likeness (QED) is 0.707. The van der Waals surface area contributed by atoms with Crippen molar-refractivity contribution in [2.75, 3.05) is 0 Å². The van der Waals surface area contributed by atoms with Crippen LogP contribution < -0.4 is 0 Å². The van der Waals surface area contributed by atoms with Gasteiger partial charge in [-0.25, -0.2) is 0 Å². The third kappa shape index (κ3) is 2.29. The summed E-state index contributed by atoms with van der Waals surface area (Å²) in [6.45, 7) is 0. The normalized spacial score (nSPS) is 10.2. The molecule has 0 radical (unpaired) electrons. The second kappa shape index (κ2) is 5.19. The van der Waals surface area contributed by atoms with Crippen molar-refractivity contribution < 1.29 is 0 Å². The molecule has 0 fully saturated rings. The van der Waals surface area contributed by atoms with Gasteiger partial charge in [-0.2, -0.15) is 15.6 Å². The summed E-state index contributed by atoms with van der Waals surface area (Å²) in [5, 5.41) is 19.2. The largest absolute Gasteiger partial charge is 0.196 e. The van der Waals surface area contributed by atoms with E-state index in [2.05, 4.69) is 28.0 Å². The average molecular weight is 278 g/mol. The van der Waals surface area contributed by atoms with Crippen molar-refractivity contribution in [2.24, 2.45) is 0 Å². The van der Waals surface area contributed by atoms with E-state index >= 15 is 0 Å². The number of aromatic amines is 1. The van der Waals surface area contributed by atoms with Gasteiger partial charge in [0.2, 0.25) is 0 Å². The highest BCUT2D eigenvalue weighted by Gasteiger charge is 2.09. The molecule has 0 aliphatic heterocycles. The molecule has 0 aliphatic carbocycles. The highest BCUT2D eigenvalue weighted by Crippen LogP contribution is 2.25. The van der Waals surface area contributed by atoms with Crippen molar-refractivity contribution in [1.82, 2.24) is 15.4 Å². The second-order valence-corrected chi connectivity index (χ2v) is 4.77. The molecule has 20 heavy (non-hydrogen) atoms. The number of hydrogen-bond acceptors (Lipinski definition) is 4. The topological polar surface area (TPSA) is 65.4 Å². The number of nitrogens with one attached hydrogen (secondary N) is 1. The van der Waals surface area contributed by atoms with Crippen LogP contribution in [0.5, 0.6) is 0 Å². The van der Waals surface area contributed by atoms with E-state index in [-0.39, 0.29) is 0 Å². The van der Waals surface area contributed by atoms with E-state index in [1.807, 2.05) is 54.6 Å². The number of benzene rings is 2. The van der Waals surface area contributed by atoms with Crippen LogP contribution in [-0.2, 0) is 0 Å². The minimum absolute atomic E-state index is 0.303. The predicted molar refractivity (Wildman–Crippen MR) is 79.2 cm³/mol. The number of rotatable bonds is 2. The molecule has 0 saturated carbocycles. The SMILES string of the molecule is N#Cc1n[nH]nc1-c1ccc(-c2ccc(S)cc2)cc1. The summed E-state index contributed by atoms with van der Waals surface area (Å²) in [4.78, 5) is 0.937. The lowest BCUT2D eigenvalue weighted by Gasteiger charge is -2.03.